The number of amides is 1. The zero-order valence-electron chi connectivity index (χ0n) is 13.6. The molecule has 0 saturated carbocycles. The quantitative estimate of drug-likeness (QED) is 0.826. The van der Waals surface area contributed by atoms with Gasteiger partial charge in [0.25, 0.3) is 0 Å². The fourth-order valence-corrected chi connectivity index (χ4v) is 2.66. The van der Waals surface area contributed by atoms with Gasteiger partial charge in [0.1, 0.15) is 12.7 Å². The van der Waals surface area contributed by atoms with Crippen LogP contribution >= 0.6 is 11.6 Å². The Labute approximate surface area is 156 Å². The maximum atomic E-state index is 13.1. The van der Waals surface area contributed by atoms with E-state index in [0.29, 0.717) is 0 Å². The summed E-state index contributed by atoms with van der Waals surface area (Å²) in [4.78, 5) is 20.7. The maximum absolute atomic E-state index is 13.1. The number of alkyl halides is 3. The Morgan fingerprint density at radius 2 is 2.04 bits per heavy atom. The summed E-state index contributed by atoms with van der Waals surface area (Å²) in [6.45, 7) is -0.678. The molecule has 1 aliphatic heterocycles. The first-order valence-electron chi connectivity index (χ1n) is 7.68. The molecule has 11 heteroatoms. The van der Waals surface area contributed by atoms with Gasteiger partial charge in [0, 0.05) is 10.6 Å². The summed E-state index contributed by atoms with van der Waals surface area (Å²) in [7, 11) is 0. The van der Waals surface area contributed by atoms with E-state index in [1.165, 1.54) is 24.5 Å². The number of carbonyl (C=O) groups excluding carboxylic acids is 1. The average molecular weight is 404 g/mol. The molecule has 0 aliphatic carbocycles. The standard InChI is InChI=1S/C16H13ClF3N3O4/c17-13-3-1-2-12(16(18,19)20)11(13)8-26-9-4-21-14(22-5-9)23-6-10(7-24)27-15(23)25/h1-5,10,24H,6-8H2. The summed E-state index contributed by atoms with van der Waals surface area (Å²) in [6, 6.07) is 3.47. The van der Waals surface area contributed by atoms with E-state index in [1.54, 1.807) is 0 Å². The lowest BCUT2D eigenvalue weighted by atomic mass is 10.1. The zero-order chi connectivity index (χ0) is 19.6. The molecule has 1 aromatic carbocycles. The minimum absolute atomic E-state index is 0.0250. The lowest BCUT2D eigenvalue weighted by molar-refractivity contribution is -0.138. The number of halogens is 4. The van der Waals surface area contributed by atoms with Crippen molar-refractivity contribution in [2.24, 2.45) is 0 Å². The molecule has 1 amide bonds. The molecule has 1 aliphatic rings. The highest BCUT2D eigenvalue weighted by Gasteiger charge is 2.35. The van der Waals surface area contributed by atoms with Crippen LogP contribution in [-0.4, -0.2) is 40.4 Å². The summed E-state index contributed by atoms with van der Waals surface area (Å²) in [5, 5.41) is 8.95. The predicted molar refractivity (Wildman–Crippen MR) is 87.5 cm³/mol. The number of aromatic nitrogens is 2. The molecular formula is C16H13ClF3N3O4. The van der Waals surface area contributed by atoms with Crippen LogP contribution in [0.25, 0.3) is 0 Å². The van der Waals surface area contributed by atoms with Crippen LogP contribution in [-0.2, 0) is 17.5 Å². The number of ether oxygens (including phenoxy) is 2. The van der Waals surface area contributed by atoms with E-state index in [1.807, 2.05) is 0 Å². The molecule has 0 bridgehead atoms. The van der Waals surface area contributed by atoms with E-state index in [-0.39, 0.29) is 35.4 Å². The lowest BCUT2D eigenvalue weighted by Crippen LogP contribution is -2.27. The van der Waals surface area contributed by atoms with Gasteiger partial charge >= 0.3 is 12.3 Å². The van der Waals surface area contributed by atoms with Crippen LogP contribution in [0.5, 0.6) is 5.75 Å². The SMILES string of the molecule is O=C1OC(CO)CN1c1ncc(OCc2c(Cl)cccc2C(F)(F)F)cn1. The normalized spacial score (nSPS) is 17.1. The van der Waals surface area contributed by atoms with Gasteiger partial charge in [-0.1, -0.05) is 17.7 Å². The van der Waals surface area contributed by atoms with Gasteiger partial charge in [0.15, 0.2) is 5.75 Å². The molecule has 1 fully saturated rings. The van der Waals surface area contributed by atoms with Crippen molar-refractivity contribution in [3.63, 3.8) is 0 Å². The van der Waals surface area contributed by atoms with Crippen molar-refractivity contribution in [3.8, 4) is 5.75 Å². The number of aliphatic hydroxyl groups excluding tert-OH is 1. The number of hydrogen-bond acceptors (Lipinski definition) is 6. The minimum Gasteiger partial charge on any atom is -0.486 e. The van der Waals surface area contributed by atoms with Crippen molar-refractivity contribution >= 4 is 23.6 Å². The van der Waals surface area contributed by atoms with Gasteiger partial charge in [0.05, 0.1) is 31.1 Å². The summed E-state index contributed by atoms with van der Waals surface area (Å²) < 4.78 is 49.4. The van der Waals surface area contributed by atoms with Gasteiger partial charge in [-0.3, -0.25) is 0 Å². The Morgan fingerprint density at radius 3 is 2.63 bits per heavy atom. The molecule has 2 aromatic rings. The third kappa shape index (κ3) is 4.22. The first-order chi connectivity index (χ1) is 12.8. The van der Waals surface area contributed by atoms with E-state index < -0.39 is 30.5 Å². The predicted octanol–water partition coefficient (Wildman–Crippen LogP) is 3.05. The molecule has 1 saturated heterocycles. The zero-order valence-corrected chi connectivity index (χ0v) is 14.4. The first-order valence-corrected chi connectivity index (χ1v) is 8.06. The molecule has 2 heterocycles. The second kappa shape index (κ2) is 7.57. The Balaban J connectivity index is 1.71. The number of nitrogens with zero attached hydrogens (tertiary/aromatic N) is 3. The number of aliphatic hydroxyl groups is 1. The van der Waals surface area contributed by atoms with E-state index in [4.69, 9.17) is 26.2 Å². The smallest absolute Gasteiger partial charge is 0.417 e. The molecule has 144 valence electrons. The molecule has 7 nitrogen and oxygen atoms in total. The average Bonchev–Trinajstić information content (AvgIpc) is 3.01. The highest BCUT2D eigenvalue weighted by atomic mass is 35.5. The van der Waals surface area contributed by atoms with Crippen molar-refractivity contribution in [1.29, 1.82) is 0 Å². The Morgan fingerprint density at radius 1 is 1.33 bits per heavy atom. The van der Waals surface area contributed by atoms with Crippen LogP contribution in [0.1, 0.15) is 11.1 Å². The molecule has 1 atom stereocenters. The Bertz CT molecular complexity index is 833. The number of hydrogen-bond donors (Lipinski definition) is 1. The van der Waals surface area contributed by atoms with E-state index in [2.05, 4.69) is 9.97 Å². The Hall–Kier alpha value is -2.59. The number of rotatable bonds is 5. The molecule has 1 unspecified atom stereocenters. The maximum Gasteiger partial charge on any atom is 0.417 e. The molecule has 1 N–H and O–H groups in total. The largest absolute Gasteiger partial charge is 0.486 e. The van der Waals surface area contributed by atoms with Gasteiger partial charge < -0.3 is 14.6 Å². The van der Waals surface area contributed by atoms with Crippen LogP contribution < -0.4 is 9.64 Å². The van der Waals surface area contributed by atoms with Crippen LogP contribution in [0.2, 0.25) is 5.02 Å². The van der Waals surface area contributed by atoms with E-state index in [9.17, 15) is 18.0 Å². The van der Waals surface area contributed by atoms with Crippen LogP contribution in [0.3, 0.4) is 0 Å². The Kier molecular flexibility index (Phi) is 5.38. The van der Waals surface area contributed by atoms with Crippen LogP contribution in [0.4, 0.5) is 23.9 Å². The van der Waals surface area contributed by atoms with Crippen molar-refractivity contribution in [1.82, 2.24) is 9.97 Å². The van der Waals surface area contributed by atoms with E-state index >= 15 is 0 Å². The van der Waals surface area contributed by atoms with Gasteiger partial charge in [-0.2, -0.15) is 13.2 Å². The van der Waals surface area contributed by atoms with Gasteiger partial charge in [0.2, 0.25) is 5.95 Å². The van der Waals surface area contributed by atoms with E-state index in [0.717, 1.165) is 11.0 Å². The fraction of sp³-hybridized carbons (Fsp3) is 0.312. The summed E-state index contributed by atoms with van der Waals surface area (Å²) in [5.41, 5.74) is -1.09. The molecular weight excluding hydrogens is 391 g/mol. The second-order valence-electron chi connectivity index (χ2n) is 5.57. The molecule has 0 radical (unpaired) electrons. The second-order valence-corrected chi connectivity index (χ2v) is 5.98. The topological polar surface area (TPSA) is 84.8 Å². The summed E-state index contributed by atoms with van der Waals surface area (Å²) in [5.74, 6) is 0.120. The number of benzene rings is 1. The number of anilines is 1. The van der Waals surface area contributed by atoms with Crippen LogP contribution in [0.15, 0.2) is 30.6 Å². The first kappa shape index (κ1) is 19.2. The van der Waals surface area contributed by atoms with Crippen molar-refractivity contribution < 1.29 is 32.5 Å². The minimum atomic E-state index is -4.57. The van der Waals surface area contributed by atoms with Crippen molar-refractivity contribution in [3.05, 3.63) is 46.7 Å². The number of cyclic esters (lactones) is 1. The third-order valence-corrected chi connectivity index (χ3v) is 4.10. The highest BCUT2D eigenvalue weighted by molar-refractivity contribution is 6.31. The molecule has 3 rings (SSSR count). The van der Waals surface area contributed by atoms with Crippen LogP contribution in [0, 0.1) is 0 Å². The van der Waals surface area contributed by atoms with Crippen molar-refractivity contribution in [2.75, 3.05) is 18.1 Å². The molecule has 27 heavy (non-hydrogen) atoms. The third-order valence-electron chi connectivity index (χ3n) is 3.74. The van der Waals surface area contributed by atoms with Crippen molar-refractivity contribution in [2.45, 2.75) is 18.9 Å². The highest BCUT2D eigenvalue weighted by Crippen LogP contribution is 2.35. The monoisotopic (exact) mass is 403 g/mol. The lowest BCUT2D eigenvalue weighted by Gasteiger charge is -2.15. The molecule has 1 aromatic heterocycles. The van der Waals surface area contributed by atoms with Gasteiger partial charge in [-0.25, -0.2) is 19.7 Å². The number of carbonyl (C=O) groups is 1. The summed E-state index contributed by atoms with van der Waals surface area (Å²) in [6.07, 6.45) is -3.51. The van der Waals surface area contributed by atoms with Gasteiger partial charge in [-0.15, -0.1) is 0 Å². The van der Waals surface area contributed by atoms with Gasteiger partial charge in [-0.05, 0) is 12.1 Å². The summed E-state index contributed by atoms with van der Waals surface area (Å²) >= 11 is 5.87. The molecule has 0 spiro atoms. The fourth-order valence-electron chi connectivity index (χ4n) is 2.43.